The van der Waals surface area contributed by atoms with E-state index in [0.29, 0.717) is 17.5 Å². The molecule has 1 amide bonds. The number of nitrogens with zero attached hydrogens (tertiary/aromatic N) is 4. The first-order chi connectivity index (χ1) is 14.2. The number of thiazole rings is 1. The van der Waals surface area contributed by atoms with Gasteiger partial charge in [0.15, 0.2) is 5.71 Å². The molecule has 1 aromatic heterocycles. The molecule has 0 unspecified atom stereocenters. The van der Waals surface area contributed by atoms with Crippen molar-refractivity contribution >= 4 is 39.5 Å². The SMILES string of the molecule is CCOc1ccc(N/N=C2/C(=O)N(c3nc(-c4ccccc4)cs3)N=C2C)cc1. The van der Waals surface area contributed by atoms with Crippen LogP contribution < -0.4 is 15.2 Å². The Kier molecular flexibility index (Phi) is 5.35. The number of nitrogens with one attached hydrogen (secondary N) is 1. The van der Waals surface area contributed by atoms with Crippen molar-refractivity contribution in [1.82, 2.24) is 4.98 Å². The molecule has 3 aromatic rings. The molecule has 2 heterocycles. The van der Waals surface area contributed by atoms with Gasteiger partial charge in [-0.1, -0.05) is 30.3 Å². The van der Waals surface area contributed by atoms with Gasteiger partial charge in [-0.25, -0.2) is 4.98 Å². The highest BCUT2D eigenvalue weighted by molar-refractivity contribution is 7.14. The lowest BCUT2D eigenvalue weighted by molar-refractivity contribution is -0.112. The highest BCUT2D eigenvalue weighted by Crippen LogP contribution is 2.29. The zero-order valence-corrected chi connectivity index (χ0v) is 16.8. The van der Waals surface area contributed by atoms with Gasteiger partial charge in [0.25, 0.3) is 0 Å². The first kappa shape index (κ1) is 18.8. The van der Waals surface area contributed by atoms with Gasteiger partial charge in [-0.2, -0.15) is 15.2 Å². The number of benzene rings is 2. The molecule has 0 aliphatic carbocycles. The van der Waals surface area contributed by atoms with Crippen molar-refractivity contribution in [3.8, 4) is 17.0 Å². The van der Waals surface area contributed by atoms with Gasteiger partial charge in [0, 0.05) is 10.9 Å². The smallest absolute Gasteiger partial charge is 0.303 e. The third kappa shape index (κ3) is 4.02. The summed E-state index contributed by atoms with van der Waals surface area (Å²) in [5.74, 6) is 0.472. The summed E-state index contributed by atoms with van der Waals surface area (Å²) in [5.41, 5.74) is 6.25. The Labute approximate surface area is 172 Å². The predicted molar refractivity (Wildman–Crippen MR) is 117 cm³/mol. The van der Waals surface area contributed by atoms with Crippen LogP contribution in [0.5, 0.6) is 5.75 Å². The highest BCUT2D eigenvalue weighted by Gasteiger charge is 2.32. The number of anilines is 2. The monoisotopic (exact) mass is 405 g/mol. The van der Waals surface area contributed by atoms with Crippen LogP contribution in [0.15, 0.2) is 70.2 Å². The maximum absolute atomic E-state index is 12.8. The lowest BCUT2D eigenvalue weighted by atomic mass is 10.2. The number of amides is 1. The van der Waals surface area contributed by atoms with Crippen LogP contribution in [0.2, 0.25) is 0 Å². The summed E-state index contributed by atoms with van der Waals surface area (Å²) in [7, 11) is 0. The van der Waals surface area contributed by atoms with E-state index < -0.39 is 0 Å². The Hall–Kier alpha value is -3.52. The Morgan fingerprint density at radius 3 is 2.62 bits per heavy atom. The standard InChI is InChI=1S/C21H19N5O2S/c1-3-28-17-11-9-16(10-12-17)23-24-19-14(2)25-26(20(19)27)21-22-18(13-29-21)15-7-5-4-6-8-15/h4-13,23H,3H2,1-2H3/b24-19+. The van der Waals surface area contributed by atoms with Crippen molar-refractivity contribution in [3.05, 3.63) is 60.0 Å². The van der Waals surface area contributed by atoms with Gasteiger partial charge < -0.3 is 4.74 Å². The summed E-state index contributed by atoms with van der Waals surface area (Å²) in [4.78, 5) is 17.4. The molecular weight excluding hydrogens is 386 g/mol. The summed E-state index contributed by atoms with van der Waals surface area (Å²) in [6.07, 6.45) is 0. The van der Waals surface area contributed by atoms with Gasteiger partial charge in [-0.3, -0.25) is 10.2 Å². The minimum atomic E-state index is -0.310. The second-order valence-electron chi connectivity index (χ2n) is 6.21. The quantitative estimate of drug-likeness (QED) is 0.617. The highest BCUT2D eigenvalue weighted by atomic mass is 32.1. The molecule has 0 radical (unpaired) electrons. The molecule has 1 aliphatic heterocycles. The first-order valence-electron chi connectivity index (χ1n) is 9.13. The molecule has 0 fully saturated rings. The number of hydrogen-bond acceptors (Lipinski definition) is 7. The molecule has 29 heavy (non-hydrogen) atoms. The summed E-state index contributed by atoms with van der Waals surface area (Å²) >= 11 is 1.37. The molecule has 0 atom stereocenters. The van der Waals surface area contributed by atoms with Crippen molar-refractivity contribution in [2.24, 2.45) is 10.2 Å². The van der Waals surface area contributed by atoms with E-state index in [-0.39, 0.29) is 11.6 Å². The molecule has 0 saturated carbocycles. The minimum Gasteiger partial charge on any atom is -0.494 e. The molecule has 0 saturated heterocycles. The van der Waals surface area contributed by atoms with Crippen LogP contribution in [0.3, 0.4) is 0 Å². The van der Waals surface area contributed by atoms with E-state index in [0.717, 1.165) is 22.7 Å². The topological polar surface area (TPSA) is 79.2 Å². The van der Waals surface area contributed by atoms with Crippen molar-refractivity contribution < 1.29 is 9.53 Å². The van der Waals surface area contributed by atoms with Crippen LogP contribution in [0.1, 0.15) is 13.8 Å². The number of hydrogen-bond donors (Lipinski definition) is 1. The van der Waals surface area contributed by atoms with E-state index in [1.807, 2.05) is 66.9 Å². The molecule has 0 bridgehead atoms. The molecule has 1 aliphatic rings. The molecule has 146 valence electrons. The van der Waals surface area contributed by atoms with Crippen molar-refractivity contribution in [2.45, 2.75) is 13.8 Å². The van der Waals surface area contributed by atoms with E-state index in [1.54, 1.807) is 6.92 Å². The second-order valence-corrected chi connectivity index (χ2v) is 7.05. The summed E-state index contributed by atoms with van der Waals surface area (Å²) < 4.78 is 5.42. The first-order valence-corrected chi connectivity index (χ1v) is 10.0. The predicted octanol–water partition coefficient (Wildman–Crippen LogP) is 4.40. The number of hydrazone groups is 2. The molecule has 4 rings (SSSR count). The molecule has 2 aromatic carbocycles. The molecule has 0 spiro atoms. The molecule has 8 heteroatoms. The van der Waals surface area contributed by atoms with E-state index >= 15 is 0 Å². The number of rotatable bonds is 6. The van der Waals surface area contributed by atoms with Gasteiger partial charge in [0.05, 0.1) is 23.7 Å². The minimum absolute atomic E-state index is 0.260. The fraction of sp³-hybridized carbons (Fsp3) is 0.143. The number of aromatic nitrogens is 1. The average Bonchev–Trinajstić information content (AvgIpc) is 3.34. The molecular formula is C21H19N5O2S. The van der Waals surface area contributed by atoms with E-state index in [2.05, 4.69) is 20.6 Å². The van der Waals surface area contributed by atoms with Crippen LogP contribution in [0.4, 0.5) is 10.8 Å². The summed E-state index contributed by atoms with van der Waals surface area (Å²) in [5, 5.41) is 12.3. The van der Waals surface area contributed by atoms with Gasteiger partial charge >= 0.3 is 5.91 Å². The van der Waals surface area contributed by atoms with Crippen LogP contribution in [0, 0.1) is 0 Å². The normalized spacial score (nSPS) is 15.0. The third-order valence-electron chi connectivity index (χ3n) is 4.19. The maximum Gasteiger partial charge on any atom is 0.303 e. The zero-order chi connectivity index (χ0) is 20.2. The number of carbonyl (C=O) groups is 1. The lowest BCUT2D eigenvalue weighted by Crippen LogP contribution is -2.27. The van der Waals surface area contributed by atoms with Crippen LogP contribution in [0.25, 0.3) is 11.3 Å². The summed E-state index contributed by atoms with van der Waals surface area (Å²) in [6, 6.07) is 17.2. The van der Waals surface area contributed by atoms with Crippen LogP contribution in [-0.4, -0.2) is 28.9 Å². The van der Waals surface area contributed by atoms with Gasteiger partial charge in [0.2, 0.25) is 5.13 Å². The second kappa shape index (κ2) is 8.24. The van der Waals surface area contributed by atoms with Gasteiger partial charge in [0.1, 0.15) is 5.75 Å². The third-order valence-corrected chi connectivity index (χ3v) is 5.01. The van der Waals surface area contributed by atoms with E-state index in [1.165, 1.54) is 16.3 Å². The van der Waals surface area contributed by atoms with E-state index in [9.17, 15) is 4.79 Å². The Morgan fingerprint density at radius 1 is 1.14 bits per heavy atom. The van der Waals surface area contributed by atoms with Crippen molar-refractivity contribution in [1.29, 1.82) is 0 Å². The van der Waals surface area contributed by atoms with Crippen LogP contribution in [-0.2, 0) is 4.79 Å². The lowest BCUT2D eigenvalue weighted by Gasteiger charge is -2.07. The average molecular weight is 405 g/mol. The summed E-state index contributed by atoms with van der Waals surface area (Å²) in [6.45, 7) is 4.29. The Morgan fingerprint density at radius 2 is 1.90 bits per heavy atom. The maximum atomic E-state index is 12.8. The zero-order valence-electron chi connectivity index (χ0n) is 16.0. The largest absolute Gasteiger partial charge is 0.494 e. The molecule has 1 N–H and O–H groups in total. The fourth-order valence-electron chi connectivity index (χ4n) is 2.77. The van der Waals surface area contributed by atoms with Crippen molar-refractivity contribution in [3.63, 3.8) is 0 Å². The fourth-order valence-corrected chi connectivity index (χ4v) is 3.55. The van der Waals surface area contributed by atoms with E-state index in [4.69, 9.17) is 4.74 Å². The Bertz CT molecular complexity index is 1070. The van der Waals surface area contributed by atoms with Gasteiger partial charge in [-0.15, -0.1) is 11.3 Å². The number of ether oxygens (including phenoxy) is 1. The Balaban J connectivity index is 1.49. The van der Waals surface area contributed by atoms with Crippen LogP contribution >= 0.6 is 11.3 Å². The molecule has 7 nitrogen and oxygen atoms in total. The van der Waals surface area contributed by atoms with Crippen molar-refractivity contribution in [2.75, 3.05) is 17.0 Å². The number of carbonyl (C=O) groups excluding carboxylic acids is 1. The van der Waals surface area contributed by atoms with Gasteiger partial charge in [-0.05, 0) is 38.1 Å².